The van der Waals surface area contributed by atoms with E-state index in [4.69, 9.17) is 69.6 Å². The molecule has 58 heavy (non-hydrogen) atoms. The molecular formula is C42H42Cl6N8O2. The van der Waals surface area contributed by atoms with Gasteiger partial charge in [-0.2, -0.15) is 10.2 Å². The van der Waals surface area contributed by atoms with Crippen molar-refractivity contribution in [1.82, 2.24) is 20.9 Å². The highest BCUT2D eigenvalue weighted by Gasteiger charge is 2.35. The fourth-order valence-corrected chi connectivity index (χ4v) is 8.63. The van der Waals surface area contributed by atoms with Crippen molar-refractivity contribution in [2.45, 2.75) is 63.5 Å². The molecule has 4 aliphatic heterocycles. The summed E-state index contributed by atoms with van der Waals surface area (Å²) in [7, 11) is 0. The largest absolute Gasteiger partial charge is 0.284 e. The number of amides is 2. The molecule has 4 aromatic carbocycles. The van der Waals surface area contributed by atoms with Gasteiger partial charge in [-0.15, -0.1) is 0 Å². The number of hydrogen-bond acceptors (Lipinski definition) is 8. The zero-order chi connectivity index (χ0) is 40.8. The van der Waals surface area contributed by atoms with Gasteiger partial charge in [-0.1, -0.05) is 107 Å². The van der Waals surface area contributed by atoms with Crippen LogP contribution in [-0.2, 0) is 9.59 Å². The second-order valence-electron chi connectivity index (χ2n) is 14.5. The monoisotopic (exact) mass is 900 g/mol. The molecule has 0 radical (unpaired) electrons. The predicted molar refractivity (Wildman–Crippen MR) is 238 cm³/mol. The number of hydrazine groups is 2. The van der Waals surface area contributed by atoms with Crippen molar-refractivity contribution >= 4 is 104 Å². The van der Waals surface area contributed by atoms with Crippen LogP contribution in [0.4, 0.5) is 11.4 Å². The molecule has 2 atom stereocenters. The van der Waals surface area contributed by atoms with E-state index < -0.39 is 0 Å². The van der Waals surface area contributed by atoms with E-state index in [1.54, 1.807) is 34.3 Å². The molecule has 0 spiro atoms. The van der Waals surface area contributed by atoms with E-state index in [9.17, 15) is 9.59 Å². The number of hydrogen-bond donors (Lipinski definition) is 2. The van der Waals surface area contributed by atoms with Gasteiger partial charge in [0.1, 0.15) is 11.4 Å². The van der Waals surface area contributed by atoms with Crippen LogP contribution in [0, 0.1) is 0 Å². The Labute approximate surface area is 368 Å². The minimum atomic E-state index is -0.168. The molecule has 4 heterocycles. The van der Waals surface area contributed by atoms with Crippen LogP contribution in [0.5, 0.6) is 0 Å². The molecule has 0 saturated carbocycles. The van der Waals surface area contributed by atoms with Gasteiger partial charge in [-0.25, -0.2) is 10.0 Å². The average molecular weight is 904 g/mol. The van der Waals surface area contributed by atoms with Crippen LogP contribution in [-0.4, -0.2) is 59.4 Å². The summed E-state index contributed by atoms with van der Waals surface area (Å²) in [4.78, 5) is 25.8. The van der Waals surface area contributed by atoms with Gasteiger partial charge in [0, 0.05) is 59.1 Å². The molecular weight excluding hydrogens is 861 g/mol. The number of nitrogens with one attached hydrogen (secondary N) is 2. The van der Waals surface area contributed by atoms with E-state index in [1.807, 2.05) is 70.7 Å². The molecule has 0 aromatic heterocycles. The first-order chi connectivity index (χ1) is 28.0. The van der Waals surface area contributed by atoms with Crippen LogP contribution >= 0.6 is 69.6 Å². The van der Waals surface area contributed by atoms with Crippen molar-refractivity contribution in [3.63, 3.8) is 0 Å². The predicted octanol–water partition coefficient (Wildman–Crippen LogP) is 10.9. The molecule has 4 aromatic rings. The molecule has 2 amide bonds. The highest BCUT2D eigenvalue weighted by Crippen LogP contribution is 2.41. The minimum Gasteiger partial charge on any atom is -0.284 e. The highest BCUT2D eigenvalue weighted by molar-refractivity contribution is 6.41. The molecule has 10 nitrogen and oxygen atoms in total. The SMILES string of the molecule is O=C(NN1CCCCC1)C1=NN(c2ccc(Cl)cc2Cl)[C@@H](c2ccc(Cl)cc2)C1.O=C(NN1CCCCC1)C1=NN(c2ccc(Cl)cc2Cl)[C@@H](c2ccc(Cl)cc2)C1. The summed E-state index contributed by atoms with van der Waals surface area (Å²) >= 11 is 37.1. The molecule has 0 aliphatic carbocycles. The van der Waals surface area contributed by atoms with Crippen molar-refractivity contribution in [2.75, 3.05) is 36.2 Å². The van der Waals surface area contributed by atoms with Crippen LogP contribution in [0.3, 0.4) is 0 Å². The Bertz CT molecular complexity index is 2010. The van der Waals surface area contributed by atoms with Crippen molar-refractivity contribution in [2.24, 2.45) is 10.2 Å². The summed E-state index contributed by atoms with van der Waals surface area (Å²) in [6.45, 7) is 3.47. The van der Waals surface area contributed by atoms with Crippen LogP contribution in [0.25, 0.3) is 0 Å². The number of halogens is 6. The number of piperidine rings is 2. The van der Waals surface area contributed by atoms with Gasteiger partial charge in [0.15, 0.2) is 0 Å². The van der Waals surface area contributed by atoms with Gasteiger partial charge in [-0.05, 0) is 97.5 Å². The van der Waals surface area contributed by atoms with E-state index in [0.29, 0.717) is 65.8 Å². The summed E-state index contributed by atoms with van der Waals surface area (Å²) in [6.07, 6.45) is 7.71. The molecule has 2 fully saturated rings. The third kappa shape index (κ3) is 10.6. The van der Waals surface area contributed by atoms with E-state index in [2.05, 4.69) is 21.1 Å². The van der Waals surface area contributed by atoms with Gasteiger partial charge >= 0.3 is 0 Å². The van der Waals surface area contributed by atoms with Crippen molar-refractivity contribution < 1.29 is 9.59 Å². The van der Waals surface area contributed by atoms with Gasteiger partial charge in [-0.3, -0.25) is 30.5 Å². The maximum atomic E-state index is 12.9. The number of carbonyl (C=O) groups excluding carboxylic acids is 2. The second-order valence-corrected chi connectivity index (χ2v) is 17.1. The molecule has 304 valence electrons. The fourth-order valence-electron chi connectivity index (χ4n) is 7.39. The number of benzene rings is 4. The average Bonchev–Trinajstić information content (AvgIpc) is 3.86. The Kier molecular flexibility index (Phi) is 14.4. The topological polar surface area (TPSA) is 95.9 Å². The lowest BCUT2D eigenvalue weighted by molar-refractivity contribution is -0.120. The molecule has 2 saturated heterocycles. The summed E-state index contributed by atoms with van der Waals surface area (Å²) in [5.74, 6) is -0.336. The Morgan fingerprint density at radius 1 is 0.483 bits per heavy atom. The Balaban J connectivity index is 0.000000177. The first-order valence-corrected chi connectivity index (χ1v) is 21.6. The first-order valence-electron chi connectivity index (χ1n) is 19.3. The Hall–Kier alpha value is -3.58. The normalized spacial score (nSPS) is 19.9. The van der Waals surface area contributed by atoms with E-state index in [0.717, 1.165) is 63.0 Å². The lowest BCUT2D eigenvalue weighted by Gasteiger charge is -2.26. The summed E-state index contributed by atoms with van der Waals surface area (Å²) in [5.41, 5.74) is 10.4. The molecule has 16 heteroatoms. The summed E-state index contributed by atoms with van der Waals surface area (Å²) in [5, 5.41) is 20.2. The smallest absolute Gasteiger partial charge is 0.281 e. The van der Waals surface area contributed by atoms with Crippen LogP contribution in [0.2, 0.25) is 30.1 Å². The number of rotatable bonds is 8. The van der Waals surface area contributed by atoms with Crippen LogP contribution < -0.4 is 20.9 Å². The van der Waals surface area contributed by atoms with Gasteiger partial charge in [0.25, 0.3) is 11.8 Å². The quantitative estimate of drug-likeness (QED) is 0.183. The molecule has 2 N–H and O–H groups in total. The van der Waals surface area contributed by atoms with Gasteiger partial charge in [0.2, 0.25) is 0 Å². The number of carbonyl (C=O) groups is 2. The van der Waals surface area contributed by atoms with Gasteiger partial charge in [0.05, 0.1) is 33.5 Å². The maximum Gasteiger partial charge on any atom is 0.281 e. The number of nitrogens with zero attached hydrogens (tertiary/aromatic N) is 6. The van der Waals surface area contributed by atoms with Crippen LogP contribution in [0.1, 0.15) is 74.6 Å². The zero-order valence-corrected chi connectivity index (χ0v) is 36.0. The third-order valence-electron chi connectivity index (χ3n) is 10.4. The number of hydrazone groups is 2. The molecule has 0 unspecified atom stereocenters. The molecule has 8 rings (SSSR count). The number of anilines is 2. The standard InChI is InChI=1S/2C21H21Cl3N4O/c2*22-15-6-4-14(5-7-15)20-13-18(21(29)26-27-10-2-1-3-11-27)25-28(20)19-9-8-16(23)12-17(19)24/h2*4-9,12,20H,1-3,10-11,13H2,(H,26,29)/t2*20-/m11/s1. The van der Waals surface area contributed by atoms with E-state index in [-0.39, 0.29) is 23.9 Å². The first kappa shape index (κ1) is 42.5. The fraction of sp³-hybridized carbons (Fsp3) is 0.333. The van der Waals surface area contributed by atoms with E-state index in [1.165, 1.54) is 12.8 Å². The Morgan fingerprint density at radius 3 is 1.17 bits per heavy atom. The van der Waals surface area contributed by atoms with Crippen molar-refractivity contribution in [3.05, 3.63) is 126 Å². The van der Waals surface area contributed by atoms with Crippen molar-refractivity contribution in [1.29, 1.82) is 0 Å². The summed E-state index contributed by atoms with van der Waals surface area (Å²) in [6, 6.07) is 25.4. The molecule has 4 aliphatic rings. The lowest BCUT2D eigenvalue weighted by atomic mass is 10.0. The van der Waals surface area contributed by atoms with Gasteiger partial charge < -0.3 is 0 Å². The summed E-state index contributed by atoms with van der Waals surface area (Å²) < 4.78 is 0. The second kappa shape index (κ2) is 19.7. The maximum absolute atomic E-state index is 12.9. The Morgan fingerprint density at radius 2 is 0.828 bits per heavy atom. The highest BCUT2D eigenvalue weighted by atomic mass is 35.5. The lowest BCUT2D eigenvalue weighted by Crippen LogP contribution is -2.47. The van der Waals surface area contributed by atoms with Crippen molar-refractivity contribution in [3.8, 4) is 0 Å². The molecule has 0 bridgehead atoms. The third-order valence-corrected chi connectivity index (χ3v) is 12.0. The zero-order valence-electron chi connectivity index (χ0n) is 31.5. The van der Waals surface area contributed by atoms with E-state index >= 15 is 0 Å². The van der Waals surface area contributed by atoms with Crippen LogP contribution in [0.15, 0.2) is 95.1 Å². The minimum absolute atomic E-state index is 0.159.